The summed E-state index contributed by atoms with van der Waals surface area (Å²) >= 11 is 12.1. The second kappa shape index (κ2) is 7.19. The molecule has 1 heterocycles. The number of nitrogens with zero attached hydrogens (tertiary/aromatic N) is 2. The number of benzene rings is 1. The summed E-state index contributed by atoms with van der Waals surface area (Å²) in [5.41, 5.74) is 2.12. The Morgan fingerprint density at radius 3 is 2.71 bits per heavy atom. The first kappa shape index (κ1) is 16.2. The van der Waals surface area contributed by atoms with Crippen molar-refractivity contribution in [2.75, 3.05) is 11.9 Å². The first-order valence-corrected chi connectivity index (χ1v) is 7.93. The molecule has 0 aliphatic carbocycles. The molecule has 21 heavy (non-hydrogen) atoms. The Morgan fingerprint density at radius 1 is 1.29 bits per heavy atom. The number of anilines is 1. The summed E-state index contributed by atoms with van der Waals surface area (Å²) < 4.78 is 2.17. The van der Waals surface area contributed by atoms with Crippen molar-refractivity contribution >= 4 is 29.2 Å². The summed E-state index contributed by atoms with van der Waals surface area (Å²) in [5.74, 6) is 1.51. The van der Waals surface area contributed by atoms with E-state index >= 15 is 0 Å². The number of halogens is 2. The van der Waals surface area contributed by atoms with Gasteiger partial charge in [0, 0.05) is 29.3 Å². The fourth-order valence-electron chi connectivity index (χ4n) is 2.25. The highest BCUT2D eigenvalue weighted by atomic mass is 35.5. The van der Waals surface area contributed by atoms with E-state index in [1.807, 2.05) is 19.1 Å². The summed E-state index contributed by atoms with van der Waals surface area (Å²) in [7, 11) is 0. The van der Waals surface area contributed by atoms with Crippen molar-refractivity contribution in [2.45, 2.75) is 33.7 Å². The highest BCUT2D eigenvalue weighted by Crippen LogP contribution is 2.21. The van der Waals surface area contributed by atoms with Crippen molar-refractivity contribution < 1.29 is 0 Å². The Balaban J connectivity index is 1.97. The lowest BCUT2D eigenvalue weighted by Crippen LogP contribution is -2.12. The van der Waals surface area contributed by atoms with Crippen LogP contribution in [0.2, 0.25) is 10.0 Å². The van der Waals surface area contributed by atoms with Gasteiger partial charge in [0.1, 0.15) is 0 Å². The fourth-order valence-corrected chi connectivity index (χ4v) is 2.76. The number of rotatable bonds is 6. The van der Waals surface area contributed by atoms with Crippen LogP contribution in [0.4, 0.5) is 5.95 Å². The van der Waals surface area contributed by atoms with E-state index in [1.165, 1.54) is 0 Å². The quantitative estimate of drug-likeness (QED) is 0.826. The van der Waals surface area contributed by atoms with E-state index in [2.05, 4.69) is 34.9 Å². The lowest BCUT2D eigenvalue weighted by molar-refractivity contribution is 0.526. The zero-order valence-electron chi connectivity index (χ0n) is 12.7. The van der Waals surface area contributed by atoms with Gasteiger partial charge in [0.2, 0.25) is 5.95 Å². The molecule has 1 aromatic heterocycles. The van der Waals surface area contributed by atoms with Gasteiger partial charge >= 0.3 is 0 Å². The minimum Gasteiger partial charge on any atom is -0.355 e. The molecule has 2 rings (SSSR count). The third-order valence-corrected chi connectivity index (χ3v) is 3.74. The molecule has 0 bridgehead atoms. The van der Waals surface area contributed by atoms with E-state index in [4.69, 9.17) is 23.2 Å². The normalized spacial score (nSPS) is 11.1. The summed E-state index contributed by atoms with van der Waals surface area (Å²) in [6, 6.07) is 5.62. The van der Waals surface area contributed by atoms with Crippen molar-refractivity contribution in [3.8, 4) is 0 Å². The number of hydrogen-bond donors (Lipinski definition) is 1. The standard InChI is InChI=1S/C16H21Cl2N3/c1-11(2)9-21-10-12(3)20-16(21)19-7-6-13-4-5-14(17)8-15(13)18/h4-5,8,10-11H,6-7,9H2,1-3H3,(H,19,20). The summed E-state index contributed by atoms with van der Waals surface area (Å²) in [6.07, 6.45) is 2.92. The van der Waals surface area contributed by atoms with Gasteiger partial charge in [0.25, 0.3) is 0 Å². The molecule has 0 aliphatic heterocycles. The van der Waals surface area contributed by atoms with Crippen molar-refractivity contribution in [3.05, 3.63) is 45.7 Å². The molecule has 0 aliphatic rings. The zero-order valence-corrected chi connectivity index (χ0v) is 14.2. The van der Waals surface area contributed by atoms with Crippen molar-refractivity contribution in [1.29, 1.82) is 0 Å². The molecule has 5 heteroatoms. The second-order valence-electron chi connectivity index (χ2n) is 5.66. The monoisotopic (exact) mass is 325 g/mol. The Labute approximate surface area is 136 Å². The molecule has 1 aromatic carbocycles. The highest BCUT2D eigenvalue weighted by molar-refractivity contribution is 6.35. The maximum atomic E-state index is 6.18. The van der Waals surface area contributed by atoms with Crippen LogP contribution in [0.1, 0.15) is 25.1 Å². The summed E-state index contributed by atoms with van der Waals surface area (Å²) in [6.45, 7) is 8.16. The van der Waals surface area contributed by atoms with Crippen LogP contribution in [0.3, 0.4) is 0 Å². The number of imidazole rings is 1. The third kappa shape index (κ3) is 4.65. The molecular weight excluding hydrogens is 305 g/mol. The van der Waals surface area contributed by atoms with Crippen LogP contribution in [0, 0.1) is 12.8 Å². The van der Waals surface area contributed by atoms with E-state index in [9.17, 15) is 0 Å². The van der Waals surface area contributed by atoms with Gasteiger partial charge in [-0.1, -0.05) is 43.1 Å². The lowest BCUT2D eigenvalue weighted by Gasteiger charge is -2.12. The first-order chi connectivity index (χ1) is 9.95. The van der Waals surface area contributed by atoms with Crippen LogP contribution in [0.5, 0.6) is 0 Å². The highest BCUT2D eigenvalue weighted by Gasteiger charge is 2.07. The van der Waals surface area contributed by atoms with Crippen LogP contribution in [0.25, 0.3) is 0 Å². The smallest absolute Gasteiger partial charge is 0.203 e. The van der Waals surface area contributed by atoms with Crippen LogP contribution in [0.15, 0.2) is 24.4 Å². The molecule has 0 fully saturated rings. The van der Waals surface area contributed by atoms with Gasteiger partial charge in [-0.3, -0.25) is 0 Å². The number of nitrogens with one attached hydrogen (secondary N) is 1. The van der Waals surface area contributed by atoms with E-state index in [0.29, 0.717) is 16.0 Å². The maximum Gasteiger partial charge on any atom is 0.203 e. The van der Waals surface area contributed by atoms with Crippen LogP contribution in [-0.4, -0.2) is 16.1 Å². The number of aromatic nitrogens is 2. The van der Waals surface area contributed by atoms with E-state index < -0.39 is 0 Å². The molecule has 0 saturated carbocycles. The van der Waals surface area contributed by atoms with E-state index in [-0.39, 0.29) is 0 Å². The van der Waals surface area contributed by atoms with Crippen LogP contribution < -0.4 is 5.32 Å². The van der Waals surface area contributed by atoms with Gasteiger partial charge in [-0.15, -0.1) is 0 Å². The summed E-state index contributed by atoms with van der Waals surface area (Å²) in [5, 5.41) is 4.77. The largest absolute Gasteiger partial charge is 0.355 e. The predicted molar refractivity (Wildman–Crippen MR) is 90.5 cm³/mol. The Morgan fingerprint density at radius 2 is 2.05 bits per heavy atom. The number of hydrogen-bond acceptors (Lipinski definition) is 2. The Hall–Kier alpha value is -1.19. The lowest BCUT2D eigenvalue weighted by atomic mass is 10.1. The van der Waals surface area contributed by atoms with Crippen molar-refractivity contribution in [3.63, 3.8) is 0 Å². The van der Waals surface area contributed by atoms with Gasteiger partial charge in [-0.05, 0) is 37.0 Å². The molecule has 0 spiro atoms. The zero-order chi connectivity index (χ0) is 15.4. The van der Waals surface area contributed by atoms with Gasteiger partial charge < -0.3 is 9.88 Å². The molecule has 0 saturated heterocycles. The molecule has 3 nitrogen and oxygen atoms in total. The Bertz CT molecular complexity index is 606. The van der Waals surface area contributed by atoms with Gasteiger partial charge in [-0.25, -0.2) is 4.98 Å². The van der Waals surface area contributed by atoms with Gasteiger partial charge in [0.05, 0.1) is 5.69 Å². The molecule has 0 atom stereocenters. The van der Waals surface area contributed by atoms with Gasteiger partial charge in [-0.2, -0.15) is 0 Å². The van der Waals surface area contributed by atoms with E-state index in [0.717, 1.165) is 36.7 Å². The minimum absolute atomic E-state index is 0.588. The van der Waals surface area contributed by atoms with Crippen LogP contribution in [-0.2, 0) is 13.0 Å². The first-order valence-electron chi connectivity index (χ1n) is 7.17. The maximum absolute atomic E-state index is 6.18. The van der Waals surface area contributed by atoms with Gasteiger partial charge in [0.15, 0.2) is 0 Å². The molecule has 2 aromatic rings. The third-order valence-electron chi connectivity index (χ3n) is 3.15. The minimum atomic E-state index is 0.588. The molecule has 0 unspecified atom stereocenters. The molecule has 0 amide bonds. The van der Waals surface area contributed by atoms with E-state index in [1.54, 1.807) is 6.07 Å². The molecule has 114 valence electrons. The second-order valence-corrected chi connectivity index (χ2v) is 6.51. The SMILES string of the molecule is Cc1cn(CC(C)C)c(NCCc2ccc(Cl)cc2Cl)n1. The Kier molecular flexibility index (Phi) is 5.54. The van der Waals surface area contributed by atoms with Crippen molar-refractivity contribution in [1.82, 2.24) is 9.55 Å². The summed E-state index contributed by atoms with van der Waals surface area (Å²) in [4.78, 5) is 4.53. The fraction of sp³-hybridized carbons (Fsp3) is 0.438. The average molecular weight is 326 g/mol. The molecular formula is C16H21Cl2N3. The molecule has 0 radical (unpaired) electrons. The average Bonchev–Trinajstić information content (AvgIpc) is 2.71. The molecule has 1 N–H and O–H groups in total. The topological polar surface area (TPSA) is 29.9 Å². The number of aryl methyl sites for hydroxylation is 1. The predicted octanol–water partition coefficient (Wildman–Crippen LogP) is 4.81. The van der Waals surface area contributed by atoms with Crippen LogP contribution >= 0.6 is 23.2 Å². The van der Waals surface area contributed by atoms with Crippen molar-refractivity contribution in [2.24, 2.45) is 5.92 Å².